The first-order valence-electron chi connectivity index (χ1n) is 5.61. The van der Waals surface area contributed by atoms with Crippen molar-refractivity contribution in [3.8, 4) is 0 Å². The van der Waals surface area contributed by atoms with Crippen LogP contribution in [0.4, 0.5) is 0 Å². The highest BCUT2D eigenvalue weighted by Gasteiger charge is 2.25. The predicted octanol–water partition coefficient (Wildman–Crippen LogP) is 0.441. The van der Waals surface area contributed by atoms with Crippen LogP contribution in [0.2, 0.25) is 0 Å². The number of aliphatic hydroxyl groups is 1. The van der Waals surface area contributed by atoms with E-state index in [1.165, 1.54) is 7.05 Å². The summed E-state index contributed by atoms with van der Waals surface area (Å²) < 4.78 is 0. The van der Waals surface area contributed by atoms with Crippen molar-refractivity contribution < 1.29 is 19.8 Å². The lowest BCUT2D eigenvalue weighted by Gasteiger charge is -2.23. The number of amides is 1. The highest BCUT2D eigenvalue weighted by Crippen LogP contribution is 2.10. The molecule has 0 heterocycles. The monoisotopic (exact) mass is 251 g/mol. The van der Waals surface area contributed by atoms with Gasteiger partial charge in [-0.05, 0) is 18.1 Å². The van der Waals surface area contributed by atoms with Gasteiger partial charge in [0.15, 0.2) is 6.04 Å². The number of carbonyl (C=O) groups excluding carboxylic acids is 1. The van der Waals surface area contributed by atoms with Crippen LogP contribution in [0.3, 0.4) is 0 Å². The number of aryl methyl sites for hydroxylation is 1. The van der Waals surface area contributed by atoms with Gasteiger partial charge in [0, 0.05) is 7.05 Å². The van der Waals surface area contributed by atoms with Crippen molar-refractivity contribution >= 4 is 11.9 Å². The second kappa shape index (κ2) is 6.16. The van der Waals surface area contributed by atoms with Crippen LogP contribution in [0.5, 0.6) is 0 Å². The summed E-state index contributed by atoms with van der Waals surface area (Å²) in [5.74, 6) is -1.54. The van der Waals surface area contributed by atoms with Gasteiger partial charge in [0.25, 0.3) is 0 Å². The molecule has 2 N–H and O–H groups in total. The lowest BCUT2D eigenvalue weighted by atomic mass is 10.1. The number of aliphatic hydroxyl groups excluding tert-OH is 1. The van der Waals surface area contributed by atoms with Crippen LogP contribution in [0.15, 0.2) is 24.3 Å². The van der Waals surface area contributed by atoms with Crippen LogP contribution in [0.25, 0.3) is 0 Å². The Balaban J connectivity index is 2.77. The Hall–Kier alpha value is -1.88. The van der Waals surface area contributed by atoms with Crippen molar-refractivity contribution in [2.24, 2.45) is 0 Å². The number of carbonyl (C=O) groups is 2. The number of hydrogen-bond donors (Lipinski definition) is 2. The molecule has 0 fully saturated rings. The molecule has 0 spiro atoms. The minimum absolute atomic E-state index is 0.132. The molecule has 0 aromatic heterocycles. The second-order valence-electron chi connectivity index (χ2n) is 4.14. The number of nitrogens with zero attached hydrogens (tertiary/aromatic N) is 1. The summed E-state index contributed by atoms with van der Waals surface area (Å²) in [6.07, 6.45) is 0.132. The van der Waals surface area contributed by atoms with E-state index in [9.17, 15) is 9.59 Å². The molecule has 5 heteroatoms. The largest absolute Gasteiger partial charge is 0.480 e. The van der Waals surface area contributed by atoms with E-state index in [0.717, 1.165) is 16.0 Å². The molecule has 0 aliphatic rings. The summed E-state index contributed by atoms with van der Waals surface area (Å²) in [5.41, 5.74) is 1.84. The van der Waals surface area contributed by atoms with E-state index in [1.807, 2.05) is 31.2 Å². The Morgan fingerprint density at radius 1 is 1.33 bits per heavy atom. The molecule has 18 heavy (non-hydrogen) atoms. The quantitative estimate of drug-likeness (QED) is 0.796. The van der Waals surface area contributed by atoms with E-state index in [0.29, 0.717) is 0 Å². The molecule has 1 atom stereocenters. The molecule has 0 radical (unpaired) electrons. The summed E-state index contributed by atoms with van der Waals surface area (Å²) in [5, 5.41) is 17.8. The second-order valence-corrected chi connectivity index (χ2v) is 4.14. The normalized spacial score (nSPS) is 11.9. The summed E-state index contributed by atoms with van der Waals surface area (Å²) in [7, 11) is 1.38. The van der Waals surface area contributed by atoms with E-state index in [2.05, 4.69) is 0 Å². The van der Waals surface area contributed by atoms with Gasteiger partial charge < -0.3 is 15.1 Å². The molecule has 1 rings (SSSR count). The third-order valence-corrected chi connectivity index (χ3v) is 2.92. The highest BCUT2D eigenvalue weighted by molar-refractivity contribution is 5.85. The molecule has 0 bridgehead atoms. The van der Waals surface area contributed by atoms with Crippen LogP contribution in [0.1, 0.15) is 11.1 Å². The van der Waals surface area contributed by atoms with Gasteiger partial charge in [0.1, 0.15) is 0 Å². The van der Waals surface area contributed by atoms with Gasteiger partial charge >= 0.3 is 5.97 Å². The van der Waals surface area contributed by atoms with Gasteiger partial charge in [-0.1, -0.05) is 24.3 Å². The molecule has 1 unspecified atom stereocenters. The number of likely N-dealkylation sites (N-methyl/N-ethyl adjacent to an activating group) is 1. The summed E-state index contributed by atoms with van der Waals surface area (Å²) in [4.78, 5) is 23.8. The topological polar surface area (TPSA) is 77.8 Å². The molecule has 0 saturated carbocycles. The van der Waals surface area contributed by atoms with Gasteiger partial charge in [0.2, 0.25) is 5.91 Å². The van der Waals surface area contributed by atoms with Crippen molar-refractivity contribution in [3.63, 3.8) is 0 Å². The average Bonchev–Trinajstić information content (AvgIpc) is 2.32. The van der Waals surface area contributed by atoms with Crippen LogP contribution in [0, 0.1) is 6.92 Å². The van der Waals surface area contributed by atoms with Crippen LogP contribution in [-0.2, 0) is 16.0 Å². The Morgan fingerprint density at radius 2 is 1.94 bits per heavy atom. The maximum absolute atomic E-state index is 11.9. The lowest BCUT2D eigenvalue weighted by molar-refractivity contribution is -0.150. The van der Waals surface area contributed by atoms with Crippen molar-refractivity contribution in [3.05, 3.63) is 35.4 Å². The smallest absolute Gasteiger partial charge is 0.328 e. The Morgan fingerprint density at radius 3 is 2.44 bits per heavy atom. The van der Waals surface area contributed by atoms with E-state index in [4.69, 9.17) is 10.2 Å². The summed E-state index contributed by atoms with van der Waals surface area (Å²) >= 11 is 0. The Labute approximate surface area is 106 Å². The van der Waals surface area contributed by atoms with Crippen molar-refractivity contribution in [2.75, 3.05) is 13.7 Å². The zero-order valence-corrected chi connectivity index (χ0v) is 10.5. The van der Waals surface area contributed by atoms with Crippen molar-refractivity contribution in [2.45, 2.75) is 19.4 Å². The van der Waals surface area contributed by atoms with Crippen LogP contribution >= 0.6 is 0 Å². The standard InChI is InChI=1S/C13H17NO4/c1-9-5-3-4-6-10(9)7-12(16)14(2)11(8-15)13(17)18/h3-6,11,15H,7-8H2,1-2H3,(H,17,18). The van der Waals surface area contributed by atoms with Gasteiger partial charge in [-0.3, -0.25) is 4.79 Å². The predicted molar refractivity (Wildman–Crippen MR) is 66.2 cm³/mol. The molecule has 0 saturated heterocycles. The highest BCUT2D eigenvalue weighted by atomic mass is 16.4. The van der Waals surface area contributed by atoms with E-state index >= 15 is 0 Å². The molecule has 5 nitrogen and oxygen atoms in total. The van der Waals surface area contributed by atoms with Gasteiger partial charge in [-0.25, -0.2) is 4.79 Å². The number of rotatable bonds is 5. The van der Waals surface area contributed by atoms with Crippen molar-refractivity contribution in [1.29, 1.82) is 0 Å². The first kappa shape index (κ1) is 14.2. The number of aliphatic carboxylic acids is 1. The van der Waals surface area contributed by atoms with Gasteiger partial charge in [0.05, 0.1) is 13.0 Å². The van der Waals surface area contributed by atoms with Crippen LogP contribution in [-0.4, -0.2) is 46.7 Å². The molecular weight excluding hydrogens is 234 g/mol. The molecule has 1 amide bonds. The number of carboxylic acids is 1. The van der Waals surface area contributed by atoms with E-state index in [1.54, 1.807) is 0 Å². The molecule has 0 aliphatic heterocycles. The fourth-order valence-electron chi connectivity index (χ4n) is 1.64. The number of benzene rings is 1. The molecule has 1 aromatic rings. The fourth-order valence-corrected chi connectivity index (χ4v) is 1.64. The van der Waals surface area contributed by atoms with Crippen LogP contribution < -0.4 is 0 Å². The fraction of sp³-hybridized carbons (Fsp3) is 0.385. The Kier molecular flexibility index (Phi) is 4.85. The average molecular weight is 251 g/mol. The molecular formula is C13H17NO4. The lowest BCUT2D eigenvalue weighted by Crippen LogP contribution is -2.45. The first-order chi connectivity index (χ1) is 8.47. The summed E-state index contributed by atoms with van der Waals surface area (Å²) in [6.45, 7) is 1.30. The minimum atomic E-state index is -1.21. The maximum Gasteiger partial charge on any atom is 0.328 e. The molecule has 1 aromatic carbocycles. The third-order valence-electron chi connectivity index (χ3n) is 2.92. The molecule has 98 valence electrons. The van der Waals surface area contributed by atoms with Gasteiger partial charge in [-0.2, -0.15) is 0 Å². The SMILES string of the molecule is Cc1ccccc1CC(=O)N(C)C(CO)C(=O)O. The number of carboxylic acid groups (broad SMARTS) is 1. The maximum atomic E-state index is 11.9. The number of hydrogen-bond acceptors (Lipinski definition) is 3. The third kappa shape index (κ3) is 3.30. The van der Waals surface area contributed by atoms with Gasteiger partial charge in [-0.15, -0.1) is 0 Å². The zero-order chi connectivity index (χ0) is 13.7. The zero-order valence-electron chi connectivity index (χ0n) is 10.5. The first-order valence-corrected chi connectivity index (χ1v) is 5.61. The minimum Gasteiger partial charge on any atom is -0.480 e. The van der Waals surface area contributed by atoms with E-state index < -0.39 is 18.6 Å². The van der Waals surface area contributed by atoms with E-state index in [-0.39, 0.29) is 12.3 Å². The summed E-state index contributed by atoms with van der Waals surface area (Å²) in [6, 6.07) is 6.23. The Bertz CT molecular complexity index is 444. The van der Waals surface area contributed by atoms with Crippen molar-refractivity contribution in [1.82, 2.24) is 4.90 Å². The molecule has 0 aliphatic carbocycles.